The fraction of sp³-hybridized carbons (Fsp3) is 0.765. The average molecular weight is 373 g/mol. The van der Waals surface area contributed by atoms with Crippen LogP contribution in [0.3, 0.4) is 0 Å². The highest BCUT2D eigenvalue weighted by Gasteiger charge is 2.46. The Bertz CT molecular complexity index is 660. The van der Waals surface area contributed by atoms with Crippen LogP contribution in [0.5, 0.6) is 0 Å². The first-order valence-corrected chi connectivity index (χ1v) is 8.67. The smallest absolute Gasteiger partial charge is 0.305 e. The molecular formula is C17H25F2N3O4. The molecule has 0 aromatic carbocycles. The predicted molar refractivity (Wildman–Crippen MR) is 87.6 cm³/mol. The van der Waals surface area contributed by atoms with Crippen molar-refractivity contribution in [3.8, 4) is 0 Å². The largest absolute Gasteiger partial charge is 0.469 e. The van der Waals surface area contributed by atoms with Crippen molar-refractivity contribution in [3.63, 3.8) is 0 Å². The lowest BCUT2D eigenvalue weighted by Gasteiger charge is -2.29. The van der Waals surface area contributed by atoms with Gasteiger partial charge in [-0.2, -0.15) is 8.78 Å². The van der Waals surface area contributed by atoms with Crippen molar-refractivity contribution in [2.24, 2.45) is 5.92 Å². The number of fused-ring (bicyclic) bond motifs is 1. The van der Waals surface area contributed by atoms with E-state index in [0.29, 0.717) is 6.42 Å². The maximum atomic E-state index is 14.9. The molecule has 0 saturated carbocycles. The van der Waals surface area contributed by atoms with Gasteiger partial charge in [0.15, 0.2) is 5.69 Å². The Morgan fingerprint density at radius 1 is 1.27 bits per heavy atom. The quantitative estimate of drug-likeness (QED) is 0.713. The van der Waals surface area contributed by atoms with Crippen LogP contribution < -0.4 is 0 Å². The molecule has 1 aromatic heterocycles. The number of ketones is 1. The van der Waals surface area contributed by atoms with Crippen LogP contribution in [0.15, 0.2) is 0 Å². The van der Waals surface area contributed by atoms with Crippen molar-refractivity contribution >= 4 is 11.8 Å². The Labute approximate surface area is 151 Å². The van der Waals surface area contributed by atoms with E-state index in [9.17, 15) is 18.4 Å². The Kier molecular flexibility index (Phi) is 6.44. The highest BCUT2D eigenvalue weighted by atomic mass is 19.3. The summed E-state index contributed by atoms with van der Waals surface area (Å²) in [7, 11) is 2.67. The Morgan fingerprint density at radius 3 is 2.54 bits per heavy atom. The molecule has 7 nitrogen and oxygen atoms in total. The molecule has 2 atom stereocenters. The number of ether oxygens (including phenoxy) is 2. The van der Waals surface area contributed by atoms with Crippen LogP contribution in [0.25, 0.3) is 0 Å². The number of hydrogen-bond donors (Lipinski definition) is 0. The van der Waals surface area contributed by atoms with Gasteiger partial charge in [-0.3, -0.25) is 9.59 Å². The molecule has 2 rings (SSSR count). The molecule has 1 heterocycles. The molecule has 9 heteroatoms. The molecule has 0 N–H and O–H groups in total. The molecule has 26 heavy (non-hydrogen) atoms. The number of esters is 1. The average Bonchev–Trinajstić information content (AvgIpc) is 3.03. The molecule has 146 valence electrons. The lowest BCUT2D eigenvalue weighted by molar-refractivity contribution is -0.142. The molecule has 1 unspecified atom stereocenters. The number of alkyl halides is 2. The first kappa shape index (κ1) is 20.4. The van der Waals surface area contributed by atoms with Crippen LogP contribution in [0.1, 0.15) is 69.5 Å². The number of methoxy groups -OCH3 is 2. The standard InChI is InChI=1S/C17H25F2N3O4/c1-10(2)22-15-13(25-3)7-5-11(12(23)6-8-14(24)26-4)9-17(18,19)16(15)20-21-22/h10-11,13H,5-9H2,1-4H3/t11?,13-/m1/s1. The number of hydrogen-bond acceptors (Lipinski definition) is 6. The molecule has 0 saturated heterocycles. The number of halogens is 2. The molecule has 1 aliphatic rings. The summed E-state index contributed by atoms with van der Waals surface area (Å²) in [5.74, 6) is -5.08. The third kappa shape index (κ3) is 4.25. The molecule has 1 aliphatic carbocycles. The number of carbonyl (C=O) groups excluding carboxylic acids is 2. The highest BCUT2D eigenvalue weighted by Crippen LogP contribution is 2.43. The van der Waals surface area contributed by atoms with Gasteiger partial charge in [0, 0.05) is 31.9 Å². The van der Waals surface area contributed by atoms with Gasteiger partial charge in [-0.25, -0.2) is 4.68 Å². The zero-order valence-electron chi connectivity index (χ0n) is 15.5. The van der Waals surface area contributed by atoms with Gasteiger partial charge in [0.1, 0.15) is 11.9 Å². The second-order valence-corrected chi connectivity index (χ2v) is 6.81. The van der Waals surface area contributed by atoms with E-state index < -0.39 is 36.0 Å². The number of Topliss-reactive ketones (excluding diaryl/α,β-unsaturated/α-hetero) is 1. The SMILES string of the molecule is COC(=O)CCC(=O)C1CC[C@@H](OC)c2c(nnn2C(C)C)C(F)(F)C1. The van der Waals surface area contributed by atoms with Crippen molar-refractivity contribution in [2.75, 3.05) is 14.2 Å². The summed E-state index contributed by atoms with van der Waals surface area (Å²) >= 11 is 0. The lowest BCUT2D eigenvalue weighted by Crippen LogP contribution is -2.30. The van der Waals surface area contributed by atoms with Crippen LogP contribution in [-0.4, -0.2) is 41.0 Å². The van der Waals surface area contributed by atoms with Gasteiger partial charge in [0.2, 0.25) is 0 Å². The van der Waals surface area contributed by atoms with Gasteiger partial charge in [-0.15, -0.1) is 5.10 Å². The molecule has 0 aliphatic heterocycles. The fourth-order valence-corrected chi connectivity index (χ4v) is 3.28. The van der Waals surface area contributed by atoms with Crippen LogP contribution in [0.4, 0.5) is 8.78 Å². The molecule has 1 aromatic rings. The van der Waals surface area contributed by atoms with E-state index in [-0.39, 0.29) is 36.8 Å². The molecule has 0 fully saturated rings. The van der Waals surface area contributed by atoms with Crippen molar-refractivity contribution < 1.29 is 27.8 Å². The Balaban J connectivity index is 2.29. The highest BCUT2D eigenvalue weighted by molar-refractivity contribution is 5.84. The summed E-state index contributed by atoms with van der Waals surface area (Å²) in [5, 5.41) is 7.58. The summed E-state index contributed by atoms with van der Waals surface area (Å²) < 4.78 is 41.1. The van der Waals surface area contributed by atoms with Crippen LogP contribution in [-0.2, 0) is 25.0 Å². The summed E-state index contributed by atoms with van der Waals surface area (Å²) in [4.78, 5) is 23.6. The van der Waals surface area contributed by atoms with Crippen LogP contribution in [0.2, 0.25) is 0 Å². The van der Waals surface area contributed by atoms with E-state index in [4.69, 9.17) is 4.74 Å². The minimum Gasteiger partial charge on any atom is -0.469 e. The summed E-state index contributed by atoms with van der Waals surface area (Å²) in [6.07, 6.45) is -0.848. The molecule has 0 amide bonds. The van der Waals surface area contributed by atoms with Crippen molar-refractivity contribution in [1.82, 2.24) is 15.0 Å². The lowest BCUT2D eigenvalue weighted by atomic mass is 9.84. The minimum absolute atomic E-state index is 0.111. The van der Waals surface area contributed by atoms with Gasteiger partial charge >= 0.3 is 5.97 Å². The zero-order chi connectivity index (χ0) is 19.5. The van der Waals surface area contributed by atoms with Crippen molar-refractivity contribution in [3.05, 3.63) is 11.4 Å². The molecule has 0 bridgehead atoms. The van der Waals surface area contributed by atoms with Gasteiger partial charge in [0.05, 0.1) is 19.2 Å². The van der Waals surface area contributed by atoms with E-state index in [1.165, 1.54) is 18.9 Å². The van der Waals surface area contributed by atoms with Gasteiger partial charge in [0.25, 0.3) is 5.92 Å². The molecule has 0 radical (unpaired) electrons. The number of aromatic nitrogens is 3. The maximum Gasteiger partial charge on any atom is 0.305 e. The van der Waals surface area contributed by atoms with E-state index in [1.807, 2.05) is 13.8 Å². The number of carbonyl (C=O) groups is 2. The Hall–Kier alpha value is -1.90. The second kappa shape index (κ2) is 8.20. The summed E-state index contributed by atoms with van der Waals surface area (Å²) in [6, 6.07) is -0.142. The fourth-order valence-electron chi connectivity index (χ4n) is 3.28. The predicted octanol–water partition coefficient (Wildman–Crippen LogP) is 2.96. The van der Waals surface area contributed by atoms with Crippen molar-refractivity contribution in [2.45, 2.75) is 64.0 Å². The normalized spacial score (nSPS) is 22.4. The first-order chi connectivity index (χ1) is 12.2. The topological polar surface area (TPSA) is 83.3 Å². The molecule has 0 spiro atoms. The van der Waals surface area contributed by atoms with E-state index in [0.717, 1.165) is 0 Å². The van der Waals surface area contributed by atoms with E-state index >= 15 is 0 Å². The van der Waals surface area contributed by atoms with Crippen LogP contribution in [0, 0.1) is 5.92 Å². The van der Waals surface area contributed by atoms with Crippen LogP contribution >= 0.6 is 0 Å². The maximum absolute atomic E-state index is 14.9. The third-order valence-corrected chi connectivity index (χ3v) is 4.69. The summed E-state index contributed by atoms with van der Waals surface area (Å²) in [5.41, 5.74) is -0.156. The monoisotopic (exact) mass is 373 g/mol. The second-order valence-electron chi connectivity index (χ2n) is 6.81. The number of rotatable bonds is 6. The van der Waals surface area contributed by atoms with Gasteiger partial charge < -0.3 is 9.47 Å². The van der Waals surface area contributed by atoms with Gasteiger partial charge in [-0.1, -0.05) is 5.21 Å². The minimum atomic E-state index is -3.30. The first-order valence-electron chi connectivity index (χ1n) is 8.67. The van der Waals surface area contributed by atoms with Gasteiger partial charge in [-0.05, 0) is 26.7 Å². The Morgan fingerprint density at radius 2 is 1.96 bits per heavy atom. The molecular weight excluding hydrogens is 348 g/mol. The van der Waals surface area contributed by atoms with Crippen molar-refractivity contribution in [1.29, 1.82) is 0 Å². The van der Waals surface area contributed by atoms with E-state index in [2.05, 4.69) is 15.0 Å². The zero-order valence-corrected chi connectivity index (χ0v) is 15.5. The third-order valence-electron chi connectivity index (χ3n) is 4.69. The van der Waals surface area contributed by atoms with E-state index in [1.54, 1.807) is 0 Å². The summed E-state index contributed by atoms with van der Waals surface area (Å²) in [6.45, 7) is 3.66. The number of nitrogens with zero attached hydrogens (tertiary/aromatic N) is 3.